The Labute approximate surface area is 87.1 Å². The zero-order chi connectivity index (χ0) is 12.4. The van der Waals surface area contributed by atoms with Gasteiger partial charge in [0.1, 0.15) is 0 Å². The molecule has 1 aromatic rings. The lowest BCUT2D eigenvalue weighted by atomic mass is 10.2. The molecule has 0 unspecified atom stereocenters. The third kappa shape index (κ3) is 2.47. The minimum atomic E-state index is -5.91. The average molecular weight is 238 g/mol. The van der Waals surface area contributed by atoms with Crippen molar-refractivity contribution in [2.45, 2.75) is 12.1 Å². The van der Waals surface area contributed by atoms with E-state index in [2.05, 4.69) is 6.07 Å². The molecular weight excluding hydrogens is 233 g/mol. The molecule has 1 aromatic carbocycles. The maximum atomic E-state index is 12.5. The Kier molecular flexibility index (Phi) is 3.16. The summed E-state index contributed by atoms with van der Waals surface area (Å²) in [6.07, 6.45) is -5.91. The van der Waals surface area contributed by atoms with Gasteiger partial charge in [0.15, 0.2) is 0 Å². The standard InChI is InChI=1S/C9H5F5NO/c10-8(11,9(12,13)14)7(16)15-6-4-2-1-3-5-6/h1-4H,(H,15,16). The highest BCUT2D eigenvalue weighted by Gasteiger charge is 2.63. The Morgan fingerprint density at radius 2 is 1.81 bits per heavy atom. The van der Waals surface area contributed by atoms with Gasteiger partial charge in [-0.1, -0.05) is 18.2 Å². The number of carbonyl (C=O) groups excluding carboxylic acids is 1. The minimum Gasteiger partial charge on any atom is -0.320 e. The second kappa shape index (κ2) is 4.07. The van der Waals surface area contributed by atoms with Crippen LogP contribution in [0.4, 0.5) is 27.6 Å². The Morgan fingerprint density at radius 3 is 2.25 bits per heavy atom. The maximum absolute atomic E-state index is 12.5. The molecule has 1 amide bonds. The van der Waals surface area contributed by atoms with Gasteiger partial charge in [0.2, 0.25) is 0 Å². The van der Waals surface area contributed by atoms with Crippen molar-refractivity contribution in [2.24, 2.45) is 0 Å². The number of anilines is 1. The lowest BCUT2D eigenvalue weighted by Gasteiger charge is -2.18. The van der Waals surface area contributed by atoms with Crippen LogP contribution in [0.2, 0.25) is 0 Å². The van der Waals surface area contributed by atoms with E-state index in [0.717, 1.165) is 6.07 Å². The molecule has 0 heterocycles. The molecule has 0 atom stereocenters. The van der Waals surface area contributed by atoms with Gasteiger partial charge in [-0.15, -0.1) is 0 Å². The van der Waals surface area contributed by atoms with Gasteiger partial charge in [-0.05, 0) is 6.07 Å². The number of carbonyl (C=O) groups is 1. The molecule has 0 aromatic heterocycles. The van der Waals surface area contributed by atoms with Crippen LogP contribution in [0.15, 0.2) is 24.3 Å². The van der Waals surface area contributed by atoms with E-state index in [1.807, 2.05) is 0 Å². The first kappa shape index (κ1) is 12.4. The summed E-state index contributed by atoms with van der Waals surface area (Å²) in [7, 11) is 0. The number of hydrogen-bond acceptors (Lipinski definition) is 1. The molecule has 7 heteroatoms. The van der Waals surface area contributed by atoms with Crippen LogP contribution in [0.25, 0.3) is 0 Å². The number of halogens is 5. The van der Waals surface area contributed by atoms with E-state index in [-0.39, 0.29) is 5.69 Å². The molecule has 0 spiro atoms. The van der Waals surface area contributed by atoms with Crippen molar-refractivity contribution in [3.8, 4) is 0 Å². The van der Waals surface area contributed by atoms with E-state index >= 15 is 0 Å². The number of para-hydroxylation sites is 1. The van der Waals surface area contributed by atoms with Gasteiger partial charge in [-0.25, -0.2) is 0 Å². The fourth-order valence-electron chi connectivity index (χ4n) is 0.801. The SMILES string of the molecule is O=C(Nc1[c]cccc1)C(F)(F)C(F)(F)F. The van der Waals surface area contributed by atoms with E-state index < -0.39 is 18.0 Å². The number of amides is 1. The van der Waals surface area contributed by atoms with Crippen LogP contribution in [0.5, 0.6) is 0 Å². The molecule has 0 aliphatic carbocycles. The van der Waals surface area contributed by atoms with E-state index in [9.17, 15) is 26.7 Å². The fraction of sp³-hybridized carbons (Fsp3) is 0.222. The molecule has 87 valence electrons. The summed E-state index contributed by atoms with van der Waals surface area (Å²) in [5.41, 5.74) is -0.253. The molecular formula is C9H5F5NO. The summed E-state index contributed by atoms with van der Waals surface area (Å²) >= 11 is 0. The number of rotatable bonds is 2. The summed E-state index contributed by atoms with van der Waals surface area (Å²) in [4.78, 5) is 10.7. The van der Waals surface area contributed by atoms with E-state index in [4.69, 9.17) is 0 Å². The second-order valence-corrected chi connectivity index (χ2v) is 2.80. The van der Waals surface area contributed by atoms with Gasteiger partial charge in [0.05, 0.1) is 0 Å². The largest absolute Gasteiger partial charge is 0.463 e. The van der Waals surface area contributed by atoms with Crippen molar-refractivity contribution >= 4 is 11.6 Å². The predicted octanol–water partition coefficient (Wildman–Crippen LogP) is 2.62. The normalized spacial score (nSPS) is 12.3. The number of alkyl halides is 5. The Bertz CT molecular complexity index is 373. The topological polar surface area (TPSA) is 29.1 Å². The number of benzene rings is 1. The molecule has 0 saturated heterocycles. The van der Waals surface area contributed by atoms with Crippen molar-refractivity contribution in [3.05, 3.63) is 30.3 Å². The lowest BCUT2D eigenvalue weighted by Crippen LogP contribution is -2.47. The summed E-state index contributed by atoms with van der Waals surface area (Å²) in [6.45, 7) is 0. The molecule has 0 saturated carbocycles. The summed E-state index contributed by atoms with van der Waals surface area (Å²) in [5.74, 6) is -7.85. The highest BCUT2D eigenvalue weighted by molar-refractivity contribution is 5.96. The van der Waals surface area contributed by atoms with Crippen LogP contribution in [-0.2, 0) is 4.79 Å². The monoisotopic (exact) mass is 238 g/mol. The van der Waals surface area contributed by atoms with E-state index in [0.29, 0.717) is 0 Å². The maximum Gasteiger partial charge on any atom is 0.463 e. The van der Waals surface area contributed by atoms with Gasteiger partial charge in [0, 0.05) is 11.8 Å². The zero-order valence-corrected chi connectivity index (χ0v) is 7.61. The van der Waals surface area contributed by atoms with Gasteiger partial charge in [-0.2, -0.15) is 22.0 Å². The molecule has 0 fully saturated rings. The van der Waals surface area contributed by atoms with E-state index in [1.54, 1.807) is 0 Å². The predicted molar refractivity (Wildman–Crippen MR) is 44.9 cm³/mol. The Balaban J connectivity index is 2.81. The molecule has 1 N–H and O–H groups in total. The smallest absolute Gasteiger partial charge is 0.320 e. The Hall–Kier alpha value is -1.66. The molecule has 0 aliphatic rings. The van der Waals surface area contributed by atoms with Crippen LogP contribution in [0.1, 0.15) is 0 Å². The third-order valence-electron chi connectivity index (χ3n) is 1.60. The summed E-state index contributed by atoms with van der Waals surface area (Å²) < 4.78 is 60.2. The minimum absolute atomic E-state index is 0.253. The van der Waals surface area contributed by atoms with Crippen molar-refractivity contribution in [1.29, 1.82) is 0 Å². The highest BCUT2D eigenvalue weighted by atomic mass is 19.4. The van der Waals surface area contributed by atoms with Gasteiger partial charge in [0.25, 0.3) is 0 Å². The molecule has 16 heavy (non-hydrogen) atoms. The summed E-state index contributed by atoms with van der Waals surface area (Å²) in [6, 6.07) is 7.53. The molecule has 1 radical (unpaired) electrons. The van der Waals surface area contributed by atoms with Crippen LogP contribution < -0.4 is 5.32 Å². The number of nitrogens with one attached hydrogen (secondary N) is 1. The zero-order valence-electron chi connectivity index (χ0n) is 7.61. The van der Waals surface area contributed by atoms with Gasteiger partial charge < -0.3 is 5.32 Å². The fourth-order valence-corrected chi connectivity index (χ4v) is 0.801. The van der Waals surface area contributed by atoms with Gasteiger partial charge in [-0.3, -0.25) is 4.79 Å². The first-order valence-corrected chi connectivity index (χ1v) is 3.98. The van der Waals surface area contributed by atoms with Crippen LogP contribution in [0.3, 0.4) is 0 Å². The van der Waals surface area contributed by atoms with Crippen molar-refractivity contribution in [2.75, 3.05) is 5.32 Å². The first-order chi connectivity index (χ1) is 7.25. The van der Waals surface area contributed by atoms with Crippen molar-refractivity contribution in [1.82, 2.24) is 0 Å². The van der Waals surface area contributed by atoms with Crippen LogP contribution in [0, 0.1) is 6.07 Å². The highest BCUT2D eigenvalue weighted by Crippen LogP contribution is 2.36. The first-order valence-electron chi connectivity index (χ1n) is 3.98. The lowest BCUT2D eigenvalue weighted by molar-refractivity contribution is -0.267. The number of hydrogen-bond donors (Lipinski definition) is 1. The summed E-state index contributed by atoms with van der Waals surface area (Å²) in [5, 5.41) is 1.42. The molecule has 0 aliphatic heterocycles. The van der Waals surface area contributed by atoms with Crippen molar-refractivity contribution < 1.29 is 26.7 Å². The molecule has 2 nitrogen and oxygen atoms in total. The van der Waals surface area contributed by atoms with E-state index in [1.165, 1.54) is 23.5 Å². The van der Waals surface area contributed by atoms with Gasteiger partial charge >= 0.3 is 18.0 Å². The molecule has 1 rings (SSSR count). The quantitative estimate of drug-likeness (QED) is 0.788. The second-order valence-electron chi connectivity index (χ2n) is 2.80. The van der Waals surface area contributed by atoms with Crippen molar-refractivity contribution in [3.63, 3.8) is 0 Å². The van der Waals surface area contributed by atoms with Crippen LogP contribution >= 0.6 is 0 Å². The average Bonchev–Trinajstić information content (AvgIpc) is 2.17. The third-order valence-corrected chi connectivity index (χ3v) is 1.60. The van der Waals surface area contributed by atoms with Crippen LogP contribution in [-0.4, -0.2) is 18.0 Å². The Morgan fingerprint density at radius 1 is 1.19 bits per heavy atom. The molecule has 0 bridgehead atoms.